The molecule has 1 aromatic heterocycles. The third-order valence-electron chi connectivity index (χ3n) is 4.76. The molecule has 30 heavy (non-hydrogen) atoms. The zero-order valence-electron chi connectivity index (χ0n) is 16.9. The minimum atomic E-state index is -0.920. The zero-order valence-corrected chi connectivity index (χ0v) is 16.9. The fourth-order valence-corrected chi connectivity index (χ4v) is 3.40. The maximum absolute atomic E-state index is 14.1. The lowest BCUT2D eigenvalue weighted by Gasteiger charge is -2.17. The maximum Gasteiger partial charge on any atom is 0.325 e. The first kappa shape index (κ1) is 21.5. The van der Waals surface area contributed by atoms with Gasteiger partial charge in [-0.3, -0.25) is 9.59 Å². The van der Waals surface area contributed by atoms with Crippen molar-refractivity contribution in [2.24, 2.45) is 0 Å². The number of hydrogen-bond acceptors (Lipinski definition) is 4. The van der Waals surface area contributed by atoms with Gasteiger partial charge in [0, 0.05) is 23.2 Å². The number of hydrogen-bond donors (Lipinski definition) is 0. The molecule has 0 saturated carbocycles. The molecule has 0 bridgehead atoms. The van der Waals surface area contributed by atoms with Crippen LogP contribution in [0.3, 0.4) is 0 Å². The first-order valence-electron chi connectivity index (χ1n) is 9.82. The van der Waals surface area contributed by atoms with Crippen LogP contribution >= 0.6 is 0 Å². The van der Waals surface area contributed by atoms with Gasteiger partial charge in [-0.15, -0.1) is 0 Å². The SMILES string of the molecule is CCOC(=O)Cn1c(CCc2cccc(F)c2F)cc(=O)c2ccc(OCC)cc21. The highest BCUT2D eigenvalue weighted by atomic mass is 19.2. The Bertz CT molecular complexity index is 1120. The van der Waals surface area contributed by atoms with Crippen LogP contribution in [-0.2, 0) is 28.9 Å². The first-order valence-corrected chi connectivity index (χ1v) is 9.82. The van der Waals surface area contributed by atoms with Gasteiger partial charge in [-0.25, -0.2) is 8.78 Å². The van der Waals surface area contributed by atoms with Crippen molar-refractivity contribution in [3.8, 4) is 5.75 Å². The summed E-state index contributed by atoms with van der Waals surface area (Å²) in [6.07, 6.45) is 0.409. The van der Waals surface area contributed by atoms with E-state index in [9.17, 15) is 18.4 Å². The molecule has 0 fully saturated rings. The van der Waals surface area contributed by atoms with Crippen LogP contribution in [0.4, 0.5) is 8.78 Å². The van der Waals surface area contributed by atoms with Crippen LogP contribution in [0, 0.1) is 11.6 Å². The largest absolute Gasteiger partial charge is 0.494 e. The van der Waals surface area contributed by atoms with Gasteiger partial charge in [-0.2, -0.15) is 0 Å². The molecule has 3 rings (SSSR count). The highest BCUT2D eigenvalue weighted by Crippen LogP contribution is 2.22. The van der Waals surface area contributed by atoms with Crippen molar-refractivity contribution in [1.82, 2.24) is 4.57 Å². The van der Waals surface area contributed by atoms with Crippen LogP contribution in [0.5, 0.6) is 5.75 Å². The quantitative estimate of drug-likeness (QED) is 0.522. The minimum Gasteiger partial charge on any atom is -0.494 e. The Morgan fingerprint density at radius 1 is 1.03 bits per heavy atom. The molecule has 0 aliphatic carbocycles. The topological polar surface area (TPSA) is 57.5 Å². The normalized spacial score (nSPS) is 10.9. The Labute approximate surface area is 172 Å². The number of fused-ring (bicyclic) bond motifs is 1. The molecule has 158 valence electrons. The average Bonchev–Trinajstić information content (AvgIpc) is 2.72. The highest BCUT2D eigenvalue weighted by molar-refractivity contribution is 5.82. The zero-order chi connectivity index (χ0) is 21.7. The van der Waals surface area contributed by atoms with E-state index in [2.05, 4.69) is 0 Å². The van der Waals surface area contributed by atoms with Crippen LogP contribution in [0.25, 0.3) is 10.9 Å². The molecule has 0 aliphatic rings. The average molecular weight is 415 g/mol. The minimum absolute atomic E-state index is 0.110. The molecular weight excluding hydrogens is 392 g/mol. The summed E-state index contributed by atoms with van der Waals surface area (Å²) in [6.45, 7) is 4.13. The van der Waals surface area contributed by atoms with Crippen molar-refractivity contribution in [2.45, 2.75) is 33.2 Å². The van der Waals surface area contributed by atoms with Crippen LogP contribution in [0.1, 0.15) is 25.1 Å². The molecule has 0 aliphatic heterocycles. The second-order valence-corrected chi connectivity index (χ2v) is 6.72. The third kappa shape index (κ3) is 4.67. The molecular formula is C23H23F2NO4. The van der Waals surface area contributed by atoms with Crippen molar-refractivity contribution >= 4 is 16.9 Å². The summed E-state index contributed by atoms with van der Waals surface area (Å²) >= 11 is 0. The summed E-state index contributed by atoms with van der Waals surface area (Å²) in [5.41, 5.74) is 1.03. The van der Waals surface area contributed by atoms with Gasteiger partial charge in [0.15, 0.2) is 17.1 Å². The van der Waals surface area contributed by atoms with E-state index >= 15 is 0 Å². The van der Waals surface area contributed by atoms with Gasteiger partial charge >= 0.3 is 5.97 Å². The first-order chi connectivity index (χ1) is 14.4. The molecule has 0 amide bonds. The van der Waals surface area contributed by atoms with Crippen LogP contribution in [0.2, 0.25) is 0 Å². The van der Waals surface area contributed by atoms with Gasteiger partial charge in [0.2, 0.25) is 0 Å². The lowest BCUT2D eigenvalue weighted by atomic mass is 10.0. The molecule has 3 aromatic rings. The molecule has 0 saturated heterocycles. The summed E-state index contributed by atoms with van der Waals surface area (Å²) in [5.74, 6) is -1.72. The Morgan fingerprint density at radius 3 is 2.57 bits per heavy atom. The molecule has 0 N–H and O–H groups in total. The van der Waals surface area contributed by atoms with Crippen molar-refractivity contribution in [3.63, 3.8) is 0 Å². The van der Waals surface area contributed by atoms with Gasteiger partial charge in [-0.05, 0) is 50.5 Å². The number of aromatic nitrogens is 1. The van der Waals surface area contributed by atoms with Crippen molar-refractivity contribution in [2.75, 3.05) is 13.2 Å². The van der Waals surface area contributed by atoms with Crippen molar-refractivity contribution < 1.29 is 23.0 Å². The number of pyridine rings is 1. The lowest BCUT2D eigenvalue weighted by Crippen LogP contribution is -2.21. The maximum atomic E-state index is 14.1. The number of carbonyl (C=O) groups excluding carboxylic acids is 1. The Morgan fingerprint density at radius 2 is 1.83 bits per heavy atom. The smallest absolute Gasteiger partial charge is 0.325 e. The number of carbonyl (C=O) groups is 1. The standard InChI is InChI=1S/C23H23F2NO4/c1-3-29-17-10-11-18-20(13-17)26(14-22(28)30-4-2)16(12-21(18)27)9-8-15-6-5-7-19(24)23(15)25/h5-7,10-13H,3-4,8-9,14H2,1-2H3. The molecule has 0 radical (unpaired) electrons. The number of benzene rings is 2. The molecule has 1 heterocycles. The number of esters is 1. The van der Waals surface area contributed by atoms with Crippen LogP contribution in [-0.4, -0.2) is 23.8 Å². The number of halogens is 2. The van der Waals surface area contributed by atoms with Crippen LogP contribution in [0.15, 0.2) is 47.3 Å². The predicted octanol–water partition coefficient (Wildman–Crippen LogP) is 4.03. The van der Waals surface area contributed by atoms with E-state index in [1.54, 1.807) is 29.7 Å². The van der Waals surface area contributed by atoms with E-state index in [0.29, 0.717) is 29.0 Å². The van der Waals surface area contributed by atoms with Gasteiger partial charge in [-0.1, -0.05) is 12.1 Å². The lowest BCUT2D eigenvalue weighted by molar-refractivity contribution is -0.143. The Hall–Kier alpha value is -3.22. The number of aryl methyl sites for hydroxylation is 2. The van der Waals surface area contributed by atoms with E-state index in [0.717, 1.165) is 6.07 Å². The number of ether oxygens (including phenoxy) is 2. The van der Waals surface area contributed by atoms with Gasteiger partial charge in [0.25, 0.3) is 0 Å². The fourth-order valence-electron chi connectivity index (χ4n) is 3.40. The second kappa shape index (κ2) is 9.52. The molecule has 0 spiro atoms. The summed E-state index contributed by atoms with van der Waals surface area (Å²) in [7, 11) is 0. The molecule has 5 nitrogen and oxygen atoms in total. The summed E-state index contributed by atoms with van der Waals surface area (Å²) in [6, 6.07) is 10.5. The summed E-state index contributed by atoms with van der Waals surface area (Å²) < 4.78 is 39.9. The summed E-state index contributed by atoms with van der Waals surface area (Å²) in [5, 5.41) is 0.434. The fraction of sp³-hybridized carbons (Fsp3) is 0.304. The van der Waals surface area contributed by atoms with Crippen molar-refractivity contribution in [3.05, 3.63) is 75.6 Å². The molecule has 7 heteroatoms. The highest BCUT2D eigenvalue weighted by Gasteiger charge is 2.15. The van der Waals surface area contributed by atoms with E-state index in [-0.39, 0.29) is 37.0 Å². The monoisotopic (exact) mass is 415 g/mol. The van der Waals surface area contributed by atoms with Gasteiger partial charge in [0.05, 0.1) is 18.7 Å². The van der Waals surface area contributed by atoms with Gasteiger partial charge < -0.3 is 14.0 Å². The molecule has 2 aromatic carbocycles. The number of rotatable bonds is 8. The second-order valence-electron chi connectivity index (χ2n) is 6.72. The van der Waals surface area contributed by atoms with E-state index in [1.807, 2.05) is 6.92 Å². The van der Waals surface area contributed by atoms with E-state index < -0.39 is 17.6 Å². The van der Waals surface area contributed by atoms with E-state index in [1.165, 1.54) is 18.2 Å². The summed E-state index contributed by atoms with van der Waals surface area (Å²) in [4.78, 5) is 24.9. The van der Waals surface area contributed by atoms with Crippen molar-refractivity contribution in [1.29, 1.82) is 0 Å². The van der Waals surface area contributed by atoms with Gasteiger partial charge in [0.1, 0.15) is 12.3 Å². The Balaban J connectivity index is 2.07. The number of nitrogens with zero attached hydrogens (tertiary/aromatic N) is 1. The third-order valence-corrected chi connectivity index (χ3v) is 4.76. The Kier molecular flexibility index (Phi) is 6.82. The van der Waals surface area contributed by atoms with E-state index in [4.69, 9.17) is 9.47 Å². The van der Waals surface area contributed by atoms with Crippen LogP contribution < -0.4 is 10.2 Å². The molecule has 0 unspecified atom stereocenters. The predicted molar refractivity (Wildman–Crippen MR) is 110 cm³/mol. The molecule has 0 atom stereocenters.